The smallest absolute Gasteiger partial charge is 0.316 e. The molecule has 1 N–H and O–H groups in total. The van der Waals surface area contributed by atoms with Gasteiger partial charge in [-0.3, -0.25) is 14.9 Å². The molecule has 9 nitrogen and oxygen atoms in total. The molecule has 156 valence electrons. The van der Waals surface area contributed by atoms with Crippen molar-refractivity contribution in [1.82, 2.24) is 10.2 Å². The third kappa shape index (κ3) is 6.64. The highest BCUT2D eigenvalue weighted by Gasteiger charge is 2.13. The highest BCUT2D eigenvalue weighted by atomic mass is 32.2. The van der Waals surface area contributed by atoms with E-state index in [0.717, 1.165) is 0 Å². The van der Waals surface area contributed by atoms with Gasteiger partial charge in [0.1, 0.15) is 0 Å². The molecule has 1 aromatic heterocycles. The van der Waals surface area contributed by atoms with E-state index in [2.05, 4.69) is 15.5 Å². The lowest BCUT2D eigenvalue weighted by atomic mass is 10.1. The maximum atomic E-state index is 12.2. The SMILES string of the molecule is CCOC(=O)CSc1nnc(NC(=O)/C=C/c2cc(OC)c(OC)c(OC)c2)s1. The topological polar surface area (TPSA) is 109 Å². The van der Waals surface area contributed by atoms with Crippen molar-refractivity contribution in [3.05, 3.63) is 23.8 Å². The lowest BCUT2D eigenvalue weighted by Gasteiger charge is -2.12. The molecule has 0 radical (unpaired) electrons. The second-order valence-corrected chi connectivity index (χ2v) is 7.45. The van der Waals surface area contributed by atoms with Crippen molar-refractivity contribution in [2.24, 2.45) is 0 Å². The van der Waals surface area contributed by atoms with Crippen LogP contribution in [0.15, 0.2) is 22.5 Å². The van der Waals surface area contributed by atoms with E-state index in [1.807, 2.05) is 0 Å². The molecule has 0 aliphatic carbocycles. The minimum atomic E-state index is -0.378. The highest BCUT2D eigenvalue weighted by Crippen LogP contribution is 2.38. The summed E-state index contributed by atoms with van der Waals surface area (Å²) >= 11 is 2.37. The number of rotatable bonds is 10. The van der Waals surface area contributed by atoms with Crippen molar-refractivity contribution in [2.45, 2.75) is 11.3 Å². The third-order valence-electron chi connectivity index (χ3n) is 3.37. The van der Waals surface area contributed by atoms with Crippen LogP contribution >= 0.6 is 23.1 Å². The Balaban J connectivity index is 1.99. The maximum Gasteiger partial charge on any atom is 0.316 e. The van der Waals surface area contributed by atoms with Crippen LogP contribution in [0.4, 0.5) is 5.13 Å². The summed E-state index contributed by atoms with van der Waals surface area (Å²) in [6, 6.07) is 3.44. The largest absolute Gasteiger partial charge is 0.493 e. The van der Waals surface area contributed by atoms with E-state index in [1.54, 1.807) is 25.1 Å². The van der Waals surface area contributed by atoms with Crippen LogP contribution in [-0.4, -0.2) is 55.8 Å². The average Bonchev–Trinajstić information content (AvgIpc) is 3.17. The van der Waals surface area contributed by atoms with Gasteiger partial charge in [-0.05, 0) is 30.7 Å². The molecule has 0 spiro atoms. The molecule has 0 fully saturated rings. The molecule has 1 heterocycles. The number of aromatic nitrogens is 2. The van der Waals surface area contributed by atoms with Crippen molar-refractivity contribution in [2.75, 3.05) is 39.0 Å². The van der Waals surface area contributed by atoms with Crippen molar-refractivity contribution in [3.63, 3.8) is 0 Å². The molecule has 0 saturated carbocycles. The molecule has 0 aliphatic rings. The number of methoxy groups -OCH3 is 3. The summed E-state index contributed by atoms with van der Waals surface area (Å²) in [5.74, 6) is 0.873. The van der Waals surface area contributed by atoms with Gasteiger partial charge in [-0.25, -0.2) is 0 Å². The van der Waals surface area contributed by atoms with Gasteiger partial charge in [-0.15, -0.1) is 10.2 Å². The third-order valence-corrected chi connectivity index (χ3v) is 5.32. The molecule has 2 aromatic rings. The number of carbonyl (C=O) groups is 2. The number of anilines is 1. The van der Waals surface area contributed by atoms with Gasteiger partial charge in [0.25, 0.3) is 0 Å². The second kappa shape index (κ2) is 11.3. The minimum Gasteiger partial charge on any atom is -0.493 e. The normalized spacial score (nSPS) is 10.6. The summed E-state index contributed by atoms with van der Waals surface area (Å²) < 4.78 is 21.3. The fourth-order valence-corrected chi connectivity index (χ4v) is 3.71. The van der Waals surface area contributed by atoms with E-state index in [4.69, 9.17) is 18.9 Å². The van der Waals surface area contributed by atoms with Crippen LogP contribution in [0.2, 0.25) is 0 Å². The Hall–Kier alpha value is -2.79. The molecule has 0 aliphatic heterocycles. The number of nitrogens with one attached hydrogen (secondary N) is 1. The van der Waals surface area contributed by atoms with Crippen LogP contribution < -0.4 is 19.5 Å². The summed E-state index contributed by atoms with van der Waals surface area (Å²) in [6.07, 6.45) is 2.96. The van der Waals surface area contributed by atoms with Crippen LogP contribution in [0.1, 0.15) is 12.5 Å². The van der Waals surface area contributed by atoms with E-state index in [0.29, 0.717) is 38.9 Å². The first kappa shape index (κ1) is 22.5. The number of esters is 1. The summed E-state index contributed by atoms with van der Waals surface area (Å²) in [5, 5.41) is 10.8. The Bertz CT molecular complexity index is 859. The van der Waals surface area contributed by atoms with Crippen LogP contribution in [0.3, 0.4) is 0 Å². The highest BCUT2D eigenvalue weighted by molar-refractivity contribution is 8.01. The van der Waals surface area contributed by atoms with Crippen molar-refractivity contribution in [3.8, 4) is 17.2 Å². The second-order valence-electron chi connectivity index (χ2n) is 5.25. The Morgan fingerprint density at radius 3 is 2.41 bits per heavy atom. The average molecular weight is 440 g/mol. The van der Waals surface area contributed by atoms with E-state index in [-0.39, 0.29) is 17.6 Å². The zero-order valence-electron chi connectivity index (χ0n) is 16.4. The first-order chi connectivity index (χ1) is 14.0. The molecule has 11 heteroatoms. The van der Waals surface area contributed by atoms with Gasteiger partial charge in [-0.2, -0.15) is 0 Å². The molecule has 1 amide bonds. The number of hydrogen-bond donors (Lipinski definition) is 1. The summed E-state index contributed by atoms with van der Waals surface area (Å²) in [5.41, 5.74) is 0.692. The maximum absolute atomic E-state index is 12.2. The monoisotopic (exact) mass is 439 g/mol. The van der Waals surface area contributed by atoms with Crippen LogP contribution in [0, 0.1) is 0 Å². The Kier molecular flexibility index (Phi) is 8.74. The molecule has 0 atom stereocenters. The van der Waals surface area contributed by atoms with Crippen LogP contribution in [-0.2, 0) is 14.3 Å². The lowest BCUT2D eigenvalue weighted by Crippen LogP contribution is -2.07. The van der Waals surface area contributed by atoms with Gasteiger partial charge in [0, 0.05) is 6.08 Å². The molecule has 0 unspecified atom stereocenters. The molecule has 0 saturated heterocycles. The van der Waals surface area contributed by atoms with E-state index >= 15 is 0 Å². The molecule has 1 aromatic carbocycles. The number of thioether (sulfide) groups is 1. The van der Waals surface area contributed by atoms with Gasteiger partial charge in [0.2, 0.25) is 16.8 Å². The van der Waals surface area contributed by atoms with Gasteiger partial charge < -0.3 is 18.9 Å². The molecular weight excluding hydrogens is 418 g/mol. The number of amides is 1. The van der Waals surface area contributed by atoms with Crippen molar-refractivity contribution < 1.29 is 28.5 Å². The van der Waals surface area contributed by atoms with E-state index in [1.165, 1.54) is 50.5 Å². The number of ether oxygens (including phenoxy) is 4. The quantitative estimate of drug-likeness (QED) is 0.259. The van der Waals surface area contributed by atoms with Crippen LogP contribution in [0.5, 0.6) is 17.2 Å². The molecular formula is C18H21N3O6S2. The van der Waals surface area contributed by atoms with Gasteiger partial charge in [0.05, 0.1) is 33.7 Å². The van der Waals surface area contributed by atoms with Crippen LogP contribution in [0.25, 0.3) is 6.08 Å². The van der Waals surface area contributed by atoms with Gasteiger partial charge >= 0.3 is 5.97 Å². The van der Waals surface area contributed by atoms with Gasteiger partial charge in [-0.1, -0.05) is 23.1 Å². The Morgan fingerprint density at radius 1 is 1.14 bits per heavy atom. The lowest BCUT2D eigenvalue weighted by molar-refractivity contribution is -0.139. The fourth-order valence-electron chi connectivity index (χ4n) is 2.16. The summed E-state index contributed by atoms with van der Waals surface area (Å²) in [4.78, 5) is 23.5. The first-order valence-electron chi connectivity index (χ1n) is 8.41. The number of hydrogen-bond acceptors (Lipinski definition) is 10. The number of carbonyl (C=O) groups excluding carboxylic acids is 2. The minimum absolute atomic E-state index is 0.136. The Labute approximate surface area is 176 Å². The fraction of sp³-hybridized carbons (Fsp3) is 0.333. The van der Waals surface area contributed by atoms with E-state index in [9.17, 15) is 9.59 Å². The number of benzene rings is 1. The molecule has 29 heavy (non-hydrogen) atoms. The van der Waals surface area contributed by atoms with Crippen molar-refractivity contribution in [1.29, 1.82) is 0 Å². The van der Waals surface area contributed by atoms with Gasteiger partial charge in [0.15, 0.2) is 15.8 Å². The predicted molar refractivity (Wildman–Crippen MR) is 111 cm³/mol. The standard InChI is InChI=1S/C18H21N3O6S2/c1-5-27-15(23)10-28-18-21-20-17(29-18)19-14(22)7-6-11-8-12(24-2)16(26-4)13(9-11)25-3/h6-9H,5,10H2,1-4H3,(H,19,20,22)/b7-6+. The molecule has 0 bridgehead atoms. The zero-order valence-corrected chi connectivity index (χ0v) is 18.0. The summed E-state index contributed by atoms with van der Waals surface area (Å²) in [7, 11) is 4.56. The van der Waals surface area contributed by atoms with E-state index < -0.39 is 0 Å². The van der Waals surface area contributed by atoms with Crippen molar-refractivity contribution >= 4 is 46.2 Å². The molecule has 2 rings (SSSR count). The number of nitrogens with zero attached hydrogens (tertiary/aromatic N) is 2. The first-order valence-corrected chi connectivity index (χ1v) is 10.2. The zero-order chi connectivity index (χ0) is 21.2. The summed E-state index contributed by atoms with van der Waals surface area (Å²) in [6.45, 7) is 2.07. The predicted octanol–water partition coefficient (Wildman–Crippen LogP) is 2.87. The Morgan fingerprint density at radius 2 is 1.83 bits per heavy atom.